The number of benzene rings is 2. The van der Waals surface area contributed by atoms with Crippen LogP contribution in [-0.2, 0) is 29.0 Å². The number of alkyl halides is 3. The molecule has 1 aliphatic carbocycles. The van der Waals surface area contributed by atoms with E-state index in [0.29, 0.717) is 37.7 Å². The van der Waals surface area contributed by atoms with Crippen molar-refractivity contribution < 1.29 is 31.1 Å². The average Bonchev–Trinajstić information content (AvgIpc) is 3.34. The fraction of sp³-hybridized carbons (Fsp3) is 0.370. The minimum Gasteiger partial charge on any atom is -0.495 e. The lowest BCUT2D eigenvalue weighted by Gasteiger charge is -2.31. The number of hydrogen-bond acceptors (Lipinski definition) is 9. The van der Waals surface area contributed by atoms with Crippen molar-refractivity contribution in [3.05, 3.63) is 70.9 Å². The van der Waals surface area contributed by atoms with Crippen LogP contribution in [-0.4, -0.2) is 75.8 Å². The molecule has 226 valence electrons. The van der Waals surface area contributed by atoms with Gasteiger partial charge in [0.05, 0.1) is 25.1 Å². The number of aromatic nitrogens is 2. The highest BCUT2D eigenvalue weighted by Gasteiger charge is 2.40. The first-order chi connectivity index (χ1) is 19.7. The second-order valence-electron chi connectivity index (χ2n) is 10.1. The molecule has 15 heteroatoms. The Bertz CT molecular complexity index is 1530. The molecule has 0 atom stereocenters. The third kappa shape index (κ3) is 7.66. The van der Waals surface area contributed by atoms with Crippen molar-refractivity contribution in [1.82, 2.24) is 25.0 Å². The van der Waals surface area contributed by atoms with E-state index in [9.17, 15) is 26.4 Å². The van der Waals surface area contributed by atoms with Crippen LogP contribution in [0.5, 0.6) is 5.75 Å². The minimum absolute atomic E-state index is 0.220. The number of hydrogen-bond donors (Lipinski definition) is 3. The molecule has 0 radical (unpaired) electrons. The van der Waals surface area contributed by atoms with Gasteiger partial charge in [0, 0.05) is 24.8 Å². The number of amides is 1. The van der Waals surface area contributed by atoms with Gasteiger partial charge >= 0.3 is 6.18 Å². The first-order valence-electron chi connectivity index (χ1n) is 12.9. The summed E-state index contributed by atoms with van der Waals surface area (Å²) in [5, 5.41) is 6.58. The minimum atomic E-state index is -4.88. The maximum absolute atomic E-state index is 14.2. The molecule has 0 bridgehead atoms. The van der Waals surface area contributed by atoms with Crippen LogP contribution in [0.1, 0.15) is 27.0 Å². The average molecular weight is 608 g/mol. The Morgan fingerprint density at radius 3 is 2.36 bits per heavy atom. The standard InChI is InChI=1S/C27H32F3N7O4S/c1-36(2)12-11-31-25(38)19-9-10-22(23(15-19)41-3)33-26-32-16-21(27(28,29)30)24(34-26)37(35-42(4,39)40)20-13-17-7-5-6-8-18(17)14-20/h5-10,15-16,20,35H,11-14H2,1-4H3,(H,31,38)(H,32,33,34). The Morgan fingerprint density at radius 1 is 1.12 bits per heavy atom. The van der Waals surface area contributed by atoms with Gasteiger partial charge in [0.1, 0.15) is 11.3 Å². The van der Waals surface area contributed by atoms with E-state index in [1.807, 2.05) is 43.3 Å². The molecule has 0 saturated carbocycles. The van der Waals surface area contributed by atoms with Crippen LogP contribution in [0.2, 0.25) is 0 Å². The van der Waals surface area contributed by atoms with Crippen molar-refractivity contribution in [3.8, 4) is 5.75 Å². The Labute approximate surface area is 242 Å². The molecular weight excluding hydrogens is 575 g/mol. The molecule has 1 aromatic heterocycles. The Morgan fingerprint density at radius 2 is 1.79 bits per heavy atom. The van der Waals surface area contributed by atoms with E-state index in [-0.39, 0.29) is 23.3 Å². The van der Waals surface area contributed by atoms with Gasteiger partial charge in [-0.2, -0.15) is 18.2 Å². The summed E-state index contributed by atoms with van der Waals surface area (Å²) in [5.41, 5.74) is 1.19. The second kappa shape index (κ2) is 12.5. The van der Waals surface area contributed by atoms with Gasteiger partial charge in [-0.15, -0.1) is 4.83 Å². The van der Waals surface area contributed by atoms with Gasteiger partial charge in [0.25, 0.3) is 5.91 Å². The molecule has 11 nitrogen and oxygen atoms in total. The zero-order valence-corrected chi connectivity index (χ0v) is 24.3. The fourth-order valence-electron chi connectivity index (χ4n) is 4.56. The smallest absolute Gasteiger partial charge is 0.421 e. The highest BCUT2D eigenvalue weighted by molar-refractivity contribution is 7.88. The van der Waals surface area contributed by atoms with Crippen LogP contribution in [0.3, 0.4) is 0 Å². The molecule has 4 rings (SSSR count). The molecular formula is C27H32F3N7O4S. The lowest BCUT2D eigenvalue weighted by Crippen LogP contribution is -2.50. The number of nitrogens with one attached hydrogen (secondary N) is 3. The maximum Gasteiger partial charge on any atom is 0.421 e. The van der Waals surface area contributed by atoms with Crippen molar-refractivity contribution in [2.75, 3.05) is 50.9 Å². The zero-order valence-electron chi connectivity index (χ0n) is 23.5. The van der Waals surface area contributed by atoms with Crippen LogP contribution < -0.4 is 25.2 Å². The van der Waals surface area contributed by atoms with E-state index in [1.165, 1.54) is 25.3 Å². The van der Waals surface area contributed by atoms with Crippen molar-refractivity contribution in [3.63, 3.8) is 0 Å². The molecule has 0 unspecified atom stereocenters. The van der Waals surface area contributed by atoms with Gasteiger partial charge in [-0.3, -0.25) is 9.80 Å². The van der Waals surface area contributed by atoms with Crippen molar-refractivity contribution in [2.45, 2.75) is 25.1 Å². The number of nitrogens with zero attached hydrogens (tertiary/aromatic N) is 4. The van der Waals surface area contributed by atoms with Crippen LogP contribution in [0.25, 0.3) is 0 Å². The van der Waals surface area contributed by atoms with E-state index in [0.717, 1.165) is 22.4 Å². The van der Waals surface area contributed by atoms with Gasteiger partial charge in [0.2, 0.25) is 16.0 Å². The van der Waals surface area contributed by atoms with Crippen molar-refractivity contribution in [1.29, 1.82) is 0 Å². The lowest BCUT2D eigenvalue weighted by atomic mass is 10.1. The van der Waals surface area contributed by atoms with Crippen LogP contribution in [0.4, 0.5) is 30.6 Å². The number of rotatable bonds is 11. The highest BCUT2D eigenvalue weighted by Crippen LogP contribution is 2.38. The lowest BCUT2D eigenvalue weighted by molar-refractivity contribution is -0.137. The number of anilines is 3. The number of carbonyl (C=O) groups is 1. The van der Waals surface area contributed by atoms with Crippen LogP contribution in [0, 0.1) is 0 Å². The summed E-state index contributed by atoms with van der Waals surface area (Å²) in [7, 11) is 1.14. The number of methoxy groups -OCH3 is 1. The molecule has 42 heavy (non-hydrogen) atoms. The summed E-state index contributed by atoms with van der Waals surface area (Å²) >= 11 is 0. The third-order valence-corrected chi connectivity index (χ3v) is 7.04. The number of hydrazine groups is 1. The predicted octanol–water partition coefficient (Wildman–Crippen LogP) is 2.98. The number of likely N-dealkylation sites (N-methyl/N-ethyl adjacent to an activating group) is 1. The Balaban J connectivity index is 1.68. The number of sulfonamides is 1. The summed E-state index contributed by atoms with van der Waals surface area (Å²) in [6.45, 7) is 1.08. The van der Waals surface area contributed by atoms with Crippen LogP contribution >= 0.6 is 0 Å². The Hall–Kier alpha value is -3.95. The molecule has 0 saturated heterocycles. The monoisotopic (exact) mass is 607 g/mol. The van der Waals surface area contributed by atoms with E-state index in [4.69, 9.17) is 4.74 Å². The molecule has 3 aromatic rings. The molecule has 0 aliphatic heterocycles. The largest absolute Gasteiger partial charge is 0.495 e. The Kier molecular flexibility index (Phi) is 9.23. The van der Waals surface area contributed by atoms with E-state index in [2.05, 4.69) is 25.4 Å². The van der Waals surface area contributed by atoms with Gasteiger partial charge in [0.15, 0.2) is 5.82 Å². The molecule has 0 spiro atoms. The SMILES string of the molecule is COc1cc(C(=O)NCCN(C)C)ccc1Nc1ncc(C(F)(F)F)c(N(NS(C)(=O)=O)C2Cc3ccccc3C2)n1. The molecule has 0 fully saturated rings. The number of carbonyl (C=O) groups excluding carboxylic acids is 1. The molecule has 1 heterocycles. The van der Waals surface area contributed by atoms with Crippen LogP contribution in [0.15, 0.2) is 48.7 Å². The number of halogens is 3. The zero-order chi connectivity index (χ0) is 30.7. The van der Waals surface area contributed by atoms with Crippen molar-refractivity contribution in [2.24, 2.45) is 0 Å². The van der Waals surface area contributed by atoms with Gasteiger partial charge in [-0.25, -0.2) is 13.4 Å². The predicted molar refractivity (Wildman–Crippen MR) is 152 cm³/mol. The van der Waals surface area contributed by atoms with E-state index in [1.54, 1.807) is 0 Å². The number of ether oxygens (including phenoxy) is 1. The summed E-state index contributed by atoms with van der Waals surface area (Å²) < 4.78 is 72.5. The first-order valence-corrected chi connectivity index (χ1v) is 14.8. The topological polar surface area (TPSA) is 129 Å². The quantitative estimate of drug-likeness (QED) is 0.282. The number of fused-ring (bicyclic) bond motifs is 1. The summed E-state index contributed by atoms with van der Waals surface area (Å²) in [6.07, 6.45) is -2.82. The summed E-state index contributed by atoms with van der Waals surface area (Å²) in [5.74, 6) is -0.998. The summed E-state index contributed by atoms with van der Waals surface area (Å²) in [6, 6.07) is 11.2. The molecule has 3 N–H and O–H groups in total. The fourth-order valence-corrected chi connectivity index (χ4v) is 5.15. The molecule has 1 aliphatic rings. The van der Waals surface area contributed by atoms with E-state index < -0.39 is 33.6 Å². The third-order valence-electron chi connectivity index (χ3n) is 6.52. The van der Waals surface area contributed by atoms with Gasteiger partial charge < -0.3 is 20.3 Å². The highest BCUT2D eigenvalue weighted by atomic mass is 32.2. The molecule has 1 amide bonds. The normalized spacial score (nSPS) is 13.6. The first kappa shape index (κ1) is 31.0. The van der Waals surface area contributed by atoms with Crippen molar-refractivity contribution >= 4 is 33.4 Å². The maximum atomic E-state index is 14.2. The molecule has 2 aromatic carbocycles. The van der Waals surface area contributed by atoms with E-state index >= 15 is 0 Å². The second-order valence-corrected chi connectivity index (χ2v) is 11.8. The van der Waals surface area contributed by atoms with Gasteiger partial charge in [-0.05, 0) is 56.3 Å². The van der Waals surface area contributed by atoms with Gasteiger partial charge in [-0.1, -0.05) is 24.3 Å². The summed E-state index contributed by atoms with van der Waals surface area (Å²) in [4.78, 5) is 24.7.